The average molecular weight is 307 g/mol. The van der Waals surface area contributed by atoms with Crippen molar-refractivity contribution in [2.75, 3.05) is 5.32 Å². The van der Waals surface area contributed by atoms with Gasteiger partial charge >= 0.3 is 0 Å². The molecule has 0 radical (unpaired) electrons. The van der Waals surface area contributed by atoms with Crippen LogP contribution in [-0.2, 0) is 0 Å². The molecule has 1 aromatic carbocycles. The molecule has 1 heterocycles. The SMILES string of the molecule is CCC(C)CC(C)Nc1cc2nc(C)sc2cc1[N+](=O)[O-]. The second-order valence-electron chi connectivity index (χ2n) is 5.62. The zero-order valence-corrected chi connectivity index (χ0v) is 13.7. The molecule has 2 unspecified atom stereocenters. The monoisotopic (exact) mass is 307 g/mol. The third-order valence-corrected chi connectivity index (χ3v) is 4.60. The lowest BCUT2D eigenvalue weighted by Crippen LogP contribution is -2.18. The molecule has 2 atom stereocenters. The van der Waals surface area contributed by atoms with E-state index in [2.05, 4.69) is 31.1 Å². The molecule has 0 aliphatic rings. The summed E-state index contributed by atoms with van der Waals surface area (Å²) < 4.78 is 0.860. The molecule has 0 amide bonds. The van der Waals surface area contributed by atoms with Gasteiger partial charge in [0.25, 0.3) is 5.69 Å². The van der Waals surface area contributed by atoms with E-state index in [1.807, 2.05) is 6.92 Å². The average Bonchev–Trinajstić information content (AvgIpc) is 2.76. The third-order valence-electron chi connectivity index (χ3n) is 3.66. The largest absolute Gasteiger partial charge is 0.377 e. The highest BCUT2D eigenvalue weighted by Gasteiger charge is 2.19. The van der Waals surface area contributed by atoms with Gasteiger partial charge in [0.2, 0.25) is 0 Å². The van der Waals surface area contributed by atoms with Gasteiger partial charge in [0.1, 0.15) is 5.69 Å². The van der Waals surface area contributed by atoms with Gasteiger partial charge in [-0.3, -0.25) is 10.1 Å². The first-order valence-electron chi connectivity index (χ1n) is 7.22. The predicted octanol–water partition coefficient (Wildman–Crippen LogP) is 4.75. The summed E-state index contributed by atoms with van der Waals surface area (Å²) in [5, 5.41) is 15.5. The van der Waals surface area contributed by atoms with E-state index in [4.69, 9.17) is 0 Å². The van der Waals surface area contributed by atoms with Crippen LogP contribution >= 0.6 is 11.3 Å². The van der Waals surface area contributed by atoms with Gasteiger partial charge in [-0.15, -0.1) is 11.3 Å². The Morgan fingerprint density at radius 3 is 2.76 bits per heavy atom. The lowest BCUT2D eigenvalue weighted by molar-refractivity contribution is -0.383. The molecule has 6 heteroatoms. The minimum Gasteiger partial charge on any atom is -0.377 e. The Kier molecular flexibility index (Phi) is 4.77. The Morgan fingerprint density at radius 2 is 2.14 bits per heavy atom. The van der Waals surface area contributed by atoms with Gasteiger partial charge in [0.15, 0.2) is 0 Å². The van der Waals surface area contributed by atoms with Crippen LogP contribution in [-0.4, -0.2) is 15.9 Å². The molecule has 0 fully saturated rings. The zero-order chi connectivity index (χ0) is 15.6. The number of fused-ring (bicyclic) bond motifs is 1. The first kappa shape index (κ1) is 15.7. The van der Waals surface area contributed by atoms with E-state index in [9.17, 15) is 10.1 Å². The van der Waals surface area contributed by atoms with E-state index in [1.165, 1.54) is 11.3 Å². The number of thiazole rings is 1. The maximum Gasteiger partial charge on any atom is 0.293 e. The van der Waals surface area contributed by atoms with Gasteiger partial charge in [-0.25, -0.2) is 4.98 Å². The number of anilines is 1. The summed E-state index contributed by atoms with van der Waals surface area (Å²) in [7, 11) is 0. The number of nitrogens with zero attached hydrogens (tertiary/aromatic N) is 2. The van der Waals surface area contributed by atoms with Gasteiger partial charge < -0.3 is 5.32 Å². The molecule has 0 aliphatic carbocycles. The van der Waals surface area contributed by atoms with E-state index >= 15 is 0 Å². The third kappa shape index (κ3) is 3.69. The second-order valence-corrected chi connectivity index (χ2v) is 6.86. The summed E-state index contributed by atoms with van der Waals surface area (Å²) in [6.45, 7) is 8.32. The lowest BCUT2D eigenvalue weighted by atomic mass is 10.00. The Labute approximate surface area is 128 Å². The zero-order valence-electron chi connectivity index (χ0n) is 12.8. The van der Waals surface area contributed by atoms with Crippen LogP contribution < -0.4 is 5.32 Å². The Balaban J connectivity index is 2.32. The van der Waals surface area contributed by atoms with Crippen LogP contribution in [0.15, 0.2) is 12.1 Å². The summed E-state index contributed by atoms with van der Waals surface area (Å²) in [6, 6.07) is 3.61. The van der Waals surface area contributed by atoms with Crippen molar-refractivity contribution in [1.29, 1.82) is 0 Å². The van der Waals surface area contributed by atoms with Crippen LogP contribution in [0.3, 0.4) is 0 Å². The Bertz CT molecular complexity index is 654. The lowest BCUT2D eigenvalue weighted by Gasteiger charge is -2.18. The Hall–Kier alpha value is -1.69. The van der Waals surface area contributed by atoms with E-state index < -0.39 is 0 Å². The summed E-state index contributed by atoms with van der Waals surface area (Å²) in [4.78, 5) is 15.4. The van der Waals surface area contributed by atoms with E-state index in [0.29, 0.717) is 11.6 Å². The molecule has 21 heavy (non-hydrogen) atoms. The van der Waals surface area contributed by atoms with Crippen molar-refractivity contribution in [3.63, 3.8) is 0 Å². The smallest absolute Gasteiger partial charge is 0.293 e. The van der Waals surface area contributed by atoms with Gasteiger partial charge in [0, 0.05) is 12.1 Å². The van der Waals surface area contributed by atoms with Crippen molar-refractivity contribution in [3.05, 3.63) is 27.3 Å². The Morgan fingerprint density at radius 1 is 1.43 bits per heavy atom. The van der Waals surface area contributed by atoms with Crippen molar-refractivity contribution in [1.82, 2.24) is 4.98 Å². The molecule has 0 bridgehead atoms. The van der Waals surface area contributed by atoms with Crippen LogP contribution in [0.5, 0.6) is 0 Å². The van der Waals surface area contributed by atoms with Crippen LogP contribution in [0.1, 0.15) is 38.6 Å². The number of rotatable bonds is 6. The second kappa shape index (κ2) is 6.39. The molecule has 0 saturated heterocycles. The first-order chi connectivity index (χ1) is 9.90. The summed E-state index contributed by atoms with van der Waals surface area (Å²) in [6.07, 6.45) is 2.10. The highest BCUT2D eigenvalue weighted by molar-refractivity contribution is 7.18. The fourth-order valence-electron chi connectivity index (χ4n) is 2.44. The summed E-state index contributed by atoms with van der Waals surface area (Å²) >= 11 is 1.48. The molecule has 2 rings (SSSR count). The van der Waals surface area contributed by atoms with Gasteiger partial charge in [-0.1, -0.05) is 20.3 Å². The van der Waals surface area contributed by atoms with Crippen molar-refractivity contribution in [2.24, 2.45) is 5.92 Å². The molecular weight excluding hydrogens is 286 g/mol. The molecule has 5 nitrogen and oxygen atoms in total. The van der Waals surface area contributed by atoms with Gasteiger partial charge in [0.05, 0.1) is 20.1 Å². The number of hydrogen-bond donors (Lipinski definition) is 1. The number of nitrogens with one attached hydrogen (secondary N) is 1. The quantitative estimate of drug-likeness (QED) is 0.617. The molecule has 0 saturated carbocycles. The van der Waals surface area contributed by atoms with Crippen LogP contribution in [0, 0.1) is 23.0 Å². The number of nitro benzene ring substituents is 1. The first-order valence-corrected chi connectivity index (χ1v) is 8.04. The number of benzene rings is 1. The minimum atomic E-state index is -0.327. The highest BCUT2D eigenvalue weighted by atomic mass is 32.1. The standard InChI is InChI=1S/C15H21N3O2S/c1-5-9(2)6-10(3)16-12-7-13-15(21-11(4)17-13)8-14(12)18(19)20/h7-10,16H,5-6H2,1-4H3. The highest BCUT2D eigenvalue weighted by Crippen LogP contribution is 2.33. The van der Waals surface area contributed by atoms with Crippen molar-refractivity contribution in [3.8, 4) is 0 Å². The molecule has 1 N–H and O–H groups in total. The maximum atomic E-state index is 11.3. The van der Waals surface area contributed by atoms with Crippen molar-refractivity contribution >= 4 is 32.9 Å². The fourth-order valence-corrected chi connectivity index (χ4v) is 3.28. The van der Waals surface area contributed by atoms with E-state index in [-0.39, 0.29) is 16.7 Å². The van der Waals surface area contributed by atoms with Crippen molar-refractivity contribution in [2.45, 2.75) is 46.6 Å². The maximum absolute atomic E-state index is 11.3. The number of aromatic nitrogens is 1. The van der Waals surface area contributed by atoms with Crippen molar-refractivity contribution < 1.29 is 4.92 Å². The van der Waals surface area contributed by atoms with E-state index in [0.717, 1.165) is 28.1 Å². The summed E-state index contributed by atoms with van der Waals surface area (Å²) in [5.74, 6) is 0.594. The molecule has 0 aliphatic heterocycles. The minimum absolute atomic E-state index is 0.127. The molecule has 1 aromatic heterocycles. The molecule has 0 spiro atoms. The number of hydrogen-bond acceptors (Lipinski definition) is 5. The van der Waals surface area contributed by atoms with Gasteiger partial charge in [-0.05, 0) is 32.3 Å². The van der Waals surface area contributed by atoms with Crippen LogP contribution in [0.4, 0.5) is 11.4 Å². The fraction of sp³-hybridized carbons (Fsp3) is 0.533. The van der Waals surface area contributed by atoms with Gasteiger partial charge in [-0.2, -0.15) is 0 Å². The normalized spacial score (nSPS) is 14.1. The van der Waals surface area contributed by atoms with E-state index in [1.54, 1.807) is 12.1 Å². The molecule has 114 valence electrons. The molecular formula is C15H21N3O2S. The van der Waals surface area contributed by atoms with Crippen LogP contribution in [0.25, 0.3) is 10.2 Å². The van der Waals surface area contributed by atoms with Crippen LogP contribution in [0.2, 0.25) is 0 Å². The number of aryl methyl sites for hydroxylation is 1. The molecule has 2 aromatic rings. The topological polar surface area (TPSA) is 68.1 Å². The summed E-state index contributed by atoms with van der Waals surface area (Å²) in [5.41, 5.74) is 1.51. The predicted molar refractivity (Wildman–Crippen MR) is 88.2 cm³/mol. The number of nitro groups is 1.